The van der Waals surface area contributed by atoms with Crippen molar-refractivity contribution in [1.82, 2.24) is 10.2 Å². The Morgan fingerprint density at radius 1 is 1.15 bits per heavy atom. The highest BCUT2D eigenvalue weighted by Crippen LogP contribution is 2.27. The number of ether oxygens (including phenoxy) is 1. The molecule has 1 fully saturated rings. The third-order valence-corrected chi connectivity index (χ3v) is 5.94. The number of carbonyl (C=O) groups is 1. The number of hydrogen-bond donors (Lipinski definition) is 1. The molecule has 1 amide bonds. The SMILES string of the molecule is COc1ccc(CC(=O)NCC(c2cccs2)N2CCCCCC2)cc1.Cl. The van der Waals surface area contributed by atoms with Gasteiger partial charge in [-0.3, -0.25) is 9.69 Å². The standard InChI is InChI=1S/C21H28N2O2S.ClH/c1-25-18-10-8-17(9-11-18)15-21(24)22-16-19(20-7-6-14-26-20)23-12-4-2-3-5-13-23;/h6-11,14,19H,2-5,12-13,15-16H2,1H3,(H,22,24);1H. The summed E-state index contributed by atoms with van der Waals surface area (Å²) in [4.78, 5) is 16.3. The lowest BCUT2D eigenvalue weighted by atomic mass is 10.1. The van der Waals surface area contributed by atoms with Gasteiger partial charge in [0.25, 0.3) is 0 Å². The number of methoxy groups -OCH3 is 1. The molecule has 1 aliphatic heterocycles. The molecule has 0 aliphatic carbocycles. The molecular weight excluding hydrogens is 380 g/mol. The van der Waals surface area contributed by atoms with Crippen LogP contribution in [0.5, 0.6) is 5.75 Å². The zero-order valence-electron chi connectivity index (χ0n) is 15.9. The van der Waals surface area contributed by atoms with Crippen molar-refractivity contribution in [2.24, 2.45) is 0 Å². The minimum absolute atomic E-state index is 0. The van der Waals surface area contributed by atoms with Crippen LogP contribution in [-0.2, 0) is 11.2 Å². The van der Waals surface area contributed by atoms with Gasteiger partial charge in [0, 0.05) is 11.4 Å². The molecule has 2 heterocycles. The molecule has 1 N–H and O–H groups in total. The van der Waals surface area contributed by atoms with Crippen molar-refractivity contribution in [3.05, 3.63) is 52.2 Å². The fraction of sp³-hybridized carbons (Fsp3) is 0.476. The van der Waals surface area contributed by atoms with Crippen LogP contribution in [0.25, 0.3) is 0 Å². The minimum atomic E-state index is 0. The summed E-state index contributed by atoms with van der Waals surface area (Å²) in [5.41, 5.74) is 1.01. The quantitative estimate of drug-likeness (QED) is 0.735. The van der Waals surface area contributed by atoms with E-state index in [0.29, 0.717) is 13.0 Å². The number of benzene rings is 1. The van der Waals surface area contributed by atoms with Crippen LogP contribution in [0.15, 0.2) is 41.8 Å². The van der Waals surface area contributed by atoms with Crippen LogP contribution in [0.1, 0.15) is 42.2 Å². The number of carbonyl (C=O) groups excluding carboxylic acids is 1. The molecule has 1 atom stereocenters. The molecule has 4 nitrogen and oxygen atoms in total. The van der Waals surface area contributed by atoms with E-state index in [9.17, 15) is 4.79 Å². The second kappa shape index (κ2) is 11.3. The van der Waals surface area contributed by atoms with Gasteiger partial charge in [0.1, 0.15) is 5.75 Å². The number of nitrogens with one attached hydrogen (secondary N) is 1. The van der Waals surface area contributed by atoms with Crippen LogP contribution in [-0.4, -0.2) is 37.6 Å². The van der Waals surface area contributed by atoms with E-state index in [1.165, 1.54) is 30.6 Å². The summed E-state index contributed by atoms with van der Waals surface area (Å²) in [6, 6.07) is 12.3. The van der Waals surface area contributed by atoms with E-state index in [4.69, 9.17) is 4.74 Å². The second-order valence-electron chi connectivity index (χ2n) is 6.81. The average Bonchev–Trinajstić information content (AvgIpc) is 3.05. The number of likely N-dealkylation sites (tertiary alicyclic amines) is 1. The Balaban J connectivity index is 0.00000261. The molecule has 148 valence electrons. The first-order chi connectivity index (χ1) is 12.8. The fourth-order valence-electron chi connectivity index (χ4n) is 3.50. The first-order valence-electron chi connectivity index (χ1n) is 9.43. The highest BCUT2D eigenvalue weighted by molar-refractivity contribution is 7.10. The number of thiophene rings is 1. The van der Waals surface area contributed by atoms with Crippen LogP contribution >= 0.6 is 23.7 Å². The van der Waals surface area contributed by atoms with E-state index < -0.39 is 0 Å². The lowest BCUT2D eigenvalue weighted by molar-refractivity contribution is -0.120. The molecule has 1 unspecified atom stereocenters. The third-order valence-electron chi connectivity index (χ3n) is 4.97. The van der Waals surface area contributed by atoms with Gasteiger partial charge in [0.05, 0.1) is 19.6 Å². The van der Waals surface area contributed by atoms with Gasteiger partial charge in [-0.15, -0.1) is 23.7 Å². The summed E-state index contributed by atoms with van der Waals surface area (Å²) >= 11 is 1.78. The van der Waals surface area contributed by atoms with Gasteiger partial charge < -0.3 is 10.1 Å². The smallest absolute Gasteiger partial charge is 0.224 e. The molecule has 2 aromatic rings. The van der Waals surface area contributed by atoms with E-state index in [0.717, 1.165) is 24.4 Å². The number of rotatable bonds is 7. The number of hydrogen-bond acceptors (Lipinski definition) is 4. The van der Waals surface area contributed by atoms with Crippen molar-refractivity contribution in [2.75, 3.05) is 26.7 Å². The lowest BCUT2D eigenvalue weighted by Gasteiger charge is -2.30. The maximum atomic E-state index is 12.4. The molecule has 0 radical (unpaired) electrons. The van der Waals surface area contributed by atoms with Gasteiger partial charge in [0.15, 0.2) is 0 Å². The Morgan fingerprint density at radius 3 is 2.44 bits per heavy atom. The van der Waals surface area contributed by atoms with E-state index in [2.05, 4.69) is 27.7 Å². The van der Waals surface area contributed by atoms with Crippen molar-refractivity contribution in [2.45, 2.75) is 38.1 Å². The Labute approximate surface area is 172 Å². The summed E-state index contributed by atoms with van der Waals surface area (Å²) in [5, 5.41) is 5.28. The Morgan fingerprint density at radius 2 is 1.85 bits per heavy atom. The van der Waals surface area contributed by atoms with Gasteiger partial charge in [-0.25, -0.2) is 0 Å². The van der Waals surface area contributed by atoms with Crippen LogP contribution in [0.2, 0.25) is 0 Å². The molecule has 0 saturated carbocycles. The predicted molar refractivity (Wildman–Crippen MR) is 114 cm³/mol. The van der Waals surface area contributed by atoms with Gasteiger partial charge in [-0.05, 0) is 55.1 Å². The minimum Gasteiger partial charge on any atom is -0.497 e. The topological polar surface area (TPSA) is 41.6 Å². The monoisotopic (exact) mass is 408 g/mol. The first kappa shape index (κ1) is 21.7. The third kappa shape index (κ3) is 6.52. The van der Waals surface area contributed by atoms with Crippen LogP contribution in [0.4, 0.5) is 0 Å². The number of nitrogens with zero attached hydrogens (tertiary/aromatic N) is 1. The van der Waals surface area contributed by atoms with Crippen LogP contribution in [0, 0.1) is 0 Å². The molecule has 1 saturated heterocycles. The van der Waals surface area contributed by atoms with Gasteiger partial charge in [-0.2, -0.15) is 0 Å². The summed E-state index contributed by atoms with van der Waals surface area (Å²) in [6.07, 6.45) is 5.54. The molecule has 3 rings (SSSR count). The Bertz CT molecular complexity index is 668. The summed E-state index contributed by atoms with van der Waals surface area (Å²) in [6.45, 7) is 2.92. The summed E-state index contributed by atoms with van der Waals surface area (Å²) in [7, 11) is 1.65. The zero-order valence-corrected chi connectivity index (χ0v) is 17.5. The fourth-order valence-corrected chi connectivity index (χ4v) is 4.36. The van der Waals surface area contributed by atoms with Gasteiger partial charge in [0.2, 0.25) is 5.91 Å². The van der Waals surface area contributed by atoms with Crippen molar-refractivity contribution < 1.29 is 9.53 Å². The van der Waals surface area contributed by atoms with Crippen LogP contribution in [0.3, 0.4) is 0 Å². The highest BCUT2D eigenvalue weighted by atomic mass is 35.5. The predicted octanol–water partition coefficient (Wildman–Crippen LogP) is 4.45. The average molecular weight is 409 g/mol. The van der Waals surface area contributed by atoms with E-state index in [1.807, 2.05) is 24.3 Å². The second-order valence-corrected chi connectivity index (χ2v) is 7.79. The Hall–Kier alpha value is -1.56. The number of amides is 1. The first-order valence-corrected chi connectivity index (χ1v) is 10.3. The number of halogens is 1. The molecular formula is C21H29ClN2O2S. The molecule has 1 aromatic carbocycles. The van der Waals surface area contributed by atoms with Crippen molar-refractivity contribution >= 4 is 29.7 Å². The van der Waals surface area contributed by atoms with Gasteiger partial charge >= 0.3 is 0 Å². The maximum Gasteiger partial charge on any atom is 0.224 e. The van der Waals surface area contributed by atoms with Crippen molar-refractivity contribution in [3.63, 3.8) is 0 Å². The molecule has 1 aliphatic rings. The normalized spacial score (nSPS) is 16.0. The van der Waals surface area contributed by atoms with E-state index in [-0.39, 0.29) is 24.4 Å². The molecule has 0 bridgehead atoms. The summed E-state index contributed by atoms with van der Waals surface area (Å²) in [5.74, 6) is 0.889. The largest absolute Gasteiger partial charge is 0.497 e. The van der Waals surface area contributed by atoms with Crippen LogP contribution < -0.4 is 10.1 Å². The zero-order chi connectivity index (χ0) is 18.2. The molecule has 0 spiro atoms. The highest BCUT2D eigenvalue weighted by Gasteiger charge is 2.22. The lowest BCUT2D eigenvalue weighted by Crippen LogP contribution is -2.38. The molecule has 27 heavy (non-hydrogen) atoms. The van der Waals surface area contributed by atoms with Gasteiger partial charge in [-0.1, -0.05) is 31.0 Å². The molecule has 1 aromatic heterocycles. The summed E-state index contributed by atoms with van der Waals surface area (Å²) < 4.78 is 5.17. The van der Waals surface area contributed by atoms with Crippen molar-refractivity contribution in [3.8, 4) is 5.75 Å². The maximum absolute atomic E-state index is 12.4. The molecule has 6 heteroatoms. The van der Waals surface area contributed by atoms with Crippen molar-refractivity contribution in [1.29, 1.82) is 0 Å². The Kier molecular flexibility index (Phi) is 9.11. The van der Waals surface area contributed by atoms with E-state index in [1.54, 1.807) is 18.4 Å². The van der Waals surface area contributed by atoms with E-state index >= 15 is 0 Å².